The lowest BCUT2D eigenvalue weighted by Gasteiger charge is -2.25. The van der Waals surface area contributed by atoms with E-state index < -0.39 is 12.7 Å². The van der Waals surface area contributed by atoms with Crippen molar-refractivity contribution in [1.29, 1.82) is 0 Å². The van der Waals surface area contributed by atoms with Crippen LogP contribution in [0.25, 0.3) is 0 Å². The van der Waals surface area contributed by atoms with Crippen LogP contribution < -0.4 is 0 Å². The topological polar surface area (TPSA) is 74.2 Å². The molecule has 1 aliphatic rings. The second-order valence-corrected chi connectivity index (χ2v) is 8.62. The smallest absolute Gasteiger partial charge is 0.252 e. The zero-order chi connectivity index (χ0) is 14.5. The van der Waals surface area contributed by atoms with E-state index in [1.165, 1.54) is 6.66 Å². The highest BCUT2D eigenvalue weighted by Gasteiger charge is 2.45. The molecular formula is C10H22BO6PS. The monoisotopic (exact) mass is 312 g/mol. The highest BCUT2D eigenvalue weighted by Crippen LogP contribution is 2.50. The van der Waals surface area contributed by atoms with E-state index >= 15 is 0 Å². The molecule has 9 heteroatoms. The Balaban J connectivity index is 2.70. The molecule has 2 unspecified atom stereocenters. The van der Waals surface area contributed by atoms with Crippen molar-refractivity contribution in [3.8, 4) is 0 Å². The van der Waals surface area contributed by atoms with Crippen molar-refractivity contribution >= 4 is 26.7 Å². The Morgan fingerprint density at radius 3 is 2.68 bits per heavy atom. The molecule has 0 aromatic rings. The molecule has 0 radical (unpaired) electrons. The first-order valence-corrected chi connectivity index (χ1v) is 9.47. The van der Waals surface area contributed by atoms with Crippen LogP contribution in [-0.2, 0) is 23.3 Å². The molecule has 1 fully saturated rings. The quantitative estimate of drug-likeness (QED) is 0.282. The molecule has 19 heavy (non-hydrogen) atoms. The third kappa shape index (κ3) is 5.75. The van der Waals surface area contributed by atoms with Crippen molar-refractivity contribution in [3.63, 3.8) is 0 Å². The predicted molar refractivity (Wildman–Crippen MR) is 77.9 cm³/mol. The van der Waals surface area contributed by atoms with Crippen molar-refractivity contribution in [3.05, 3.63) is 0 Å². The van der Waals surface area contributed by atoms with Gasteiger partial charge in [0.1, 0.15) is 26.2 Å². The summed E-state index contributed by atoms with van der Waals surface area (Å²) in [5.41, 5.74) is 0. The lowest BCUT2D eigenvalue weighted by molar-refractivity contribution is -0.0202. The van der Waals surface area contributed by atoms with E-state index in [9.17, 15) is 4.57 Å². The molecule has 1 aliphatic heterocycles. The Hall–Kier alpha value is 0.445. The number of ether oxygens (including phenoxy) is 3. The zero-order valence-electron chi connectivity index (χ0n) is 11.5. The molecule has 0 spiro atoms. The molecule has 5 atom stereocenters. The molecule has 1 heterocycles. The van der Waals surface area contributed by atoms with Gasteiger partial charge in [-0.05, 0) is 6.42 Å². The Bertz CT molecular complexity index is 314. The summed E-state index contributed by atoms with van der Waals surface area (Å²) in [6, 6.07) is -0.191. The van der Waals surface area contributed by atoms with Gasteiger partial charge in [-0.25, -0.2) is 0 Å². The molecule has 112 valence electrons. The summed E-state index contributed by atoms with van der Waals surface area (Å²) in [6.07, 6.45) is -0.621. The largest absolute Gasteiger partial charge is 0.396 e. The third-order valence-corrected chi connectivity index (χ3v) is 3.72. The first kappa shape index (κ1) is 17.5. The van der Waals surface area contributed by atoms with Crippen LogP contribution in [0.3, 0.4) is 0 Å². The summed E-state index contributed by atoms with van der Waals surface area (Å²) in [7, 11) is 3.44. The van der Waals surface area contributed by atoms with Crippen LogP contribution in [0.1, 0.15) is 6.42 Å². The summed E-state index contributed by atoms with van der Waals surface area (Å²) in [5, 5.41) is 8.78. The van der Waals surface area contributed by atoms with Gasteiger partial charge in [0.2, 0.25) is 0 Å². The molecule has 0 bridgehead atoms. The van der Waals surface area contributed by atoms with Gasteiger partial charge in [0.05, 0.1) is 12.6 Å². The Kier molecular flexibility index (Phi) is 7.39. The summed E-state index contributed by atoms with van der Waals surface area (Å²) in [5.74, 6) is 0. The van der Waals surface area contributed by atoms with Crippen LogP contribution in [0.15, 0.2) is 0 Å². The summed E-state index contributed by atoms with van der Waals surface area (Å²) in [6.45, 7) is -0.714. The lowest BCUT2D eigenvalue weighted by atomic mass is 9.93. The van der Waals surface area contributed by atoms with Crippen molar-refractivity contribution < 1.29 is 28.4 Å². The highest BCUT2D eigenvalue weighted by atomic mass is 32.7. The minimum Gasteiger partial charge on any atom is -0.396 e. The first-order valence-electron chi connectivity index (χ1n) is 6.24. The third-order valence-electron chi connectivity index (χ3n) is 2.80. The van der Waals surface area contributed by atoms with E-state index in [2.05, 4.69) is 12.2 Å². The van der Waals surface area contributed by atoms with Crippen LogP contribution in [0.5, 0.6) is 0 Å². The SMILES string of the molecule is B[C@@H]1O[C@H](COC)C(OP(C)(=O)S)[C@@H]1OCCCO. The van der Waals surface area contributed by atoms with Crippen LogP contribution in [0.2, 0.25) is 0 Å². The van der Waals surface area contributed by atoms with E-state index in [1.54, 1.807) is 7.11 Å². The molecule has 0 saturated carbocycles. The molecule has 0 aromatic heterocycles. The van der Waals surface area contributed by atoms with E-state index in [0.717, 1.165) is 0 Å². The molecule has 6 nitrogen and oxygen atoms in total. The molecular weight excluding hydrogens is 290 g/mol. The van der Waals surface area contributed by atoms with Gasteiger partial charge in [0.25, 0.3) is 6.57 Å². The normalized spacial score (nSPS) is 34.3. The molecule has 1 saturated heterocycles. The number of hydrogen-bond acceptors (Lipinski definition) is 6. The Labute approximate surface area is 120 Å². The maximum Gasteiger partial charge on any atom is 0.252 e. The van der Waals surface area contributed by atoms with E-state index in [1.807, 2.05) is 7.85 Å². The van der Waals surface area contributed by atoms with Crippen LogP contribution in [0.4, 0.5) is 0 Å². The number of aliphatic hydroxyl groups is 1. The van der Waals surface area contributed by atoms with Crippen molar-refractivity contribution in [2.24, 2.45) is 0 Å². The van der Waals surface area contributed by atoms with Crippen LogP contribution in [-0.4, -0.2) is 70.9 Å². The van der Waals surface area contributed by atoms with Gasteiger partial charge in [-0.15, -0.1) is 0 Å². The number of aliphatic hydroxyl groups excluding tert-OH is 1. The van der Waals surface area contributed by atoms with Gasteiger partial charge < -0.3 is 23.8 Å². The predicted octanol–water partition coefficient (Wildman–Crippen LogP) is -0.104. The fraction of sp³-hybridized carbons (Fsp3) is 1.00. The number of rotatable bonds is 8. The van der Waals surface area contributed by atoms with Crippen molar-refractivity contribution in [1.82, 2.24) is 0 Å². The molecule has 0 aromatic carbocycles. The minimum atomic E-state index is -2.95. The van der Waals surface area contributed by atoms with Crippen LogP contribution in [0, 0.1) is 0 Å². The Morgan fingerprint density at radius 1 is 1.47 bits per heavy atom. The summed E-state index contributed by atoms with van der Waals surface area (Å²) in [4.78, 5) is 0. The average Bonchev–Trinajstić information content (AvgIpc) is 2.56. The second-order valence-electron chi connectivity index (χ2n) is 4.62. The first-order chi connectivity index (χ1) is 8.89. The molecule has 0 aliphatic carbocycles. The number of methoxy groups -OCH3 is 1. The number of thiol groups is 1. The zero-order valence-corrected chi connectivity index (χ0v) is 13.3. The van der Waals surface area contributed by atoms with Crippen molar-refractivity contribution in [2.45, 2.75) is 30.7 Å². The highest BCUT2D eigenvalue weighted by molar-refractivity contribution is 8.46. The van der Waals surface area contributed by atoms with Gasteiger partial charge in [-0.1, -0.05) is 12.2 Å². The van der Waals surface area contributed by atoms with Gasteiger partial charge in [0.15, 0.2) is 0 Å². The molecule has 1 N–H and O–H groups in total. The molecule has 1 rings (SSSR count). The lowest BCUT2D eigenvalue weighted by Crippen LogP contribution is -2.38. The minimum absolute atomic E-state index is 0.0633. The maximum absolute atomic E-state index is 11.8. The van der Waals surface area contributed by atoms with Gasteiger partial charge in [-0.2, -0.15) is 0 Å². The van der Waals surface area contributed by atoms with Gasteiger partial charge in [0, 0.05) is 27.0 Å². The summed E-state index contributed by atoms with van der Waals surface area (Å²) < 4.78 is 33.7. The summed E-state index contributed by atoms with van der Waals surface area (Å²) >= 11 is 3.96. The maximum atomic E-state index is 11.8. The van der Waals surface area contributed by atoms with Crippen molar-refractivity contribution in [2.75, 3.05) is 33.6 Å². The van der Waals surface area contributed by atoms with E-state index in [0.29, 0.717) is 19.6 Å². The van der Waals surface area contributed by atoms with E-state index in [-0.39, 0.29) is 24.8 Å². The molecule has 0 amide bonds. The number of hydrogen-bond donors (Lipinski definition) is 2. The van der Waals surface area contributed by atoms with Gasteiger partial charge in [-0.3, -0.25) is 4.57 Å². The van der Waals surface area contributed by atoms with Crippen LogP contribution >= 0.6 is 18.8 Å². The Morgan fingerprint density at radius 2 is 2.16 bits per heavy atom. The fourth-order valence-electron chi connectivity index (χ4n) is 2.08. The van der Waals surface area contributed by atoms with E-state index in [4.69, 9.17) is 23.8 Å². The average molecular weight is 312 g/mol. The standard InChI is InChI=1S/C10H22BO6PS/c1-14-6-7-8(17-18(2,13)19)9(10(11)16-7)15-5-3-4-12/h7-10,12H,3-6,11H2,1-2H3,(H,13,19)/t7-,8?,9+,10-,18?/m1/s1. The second kappa shape index (κ2) is 8.03. The van der Waals surface area contributed by atoms with Gasteiger partial charge >= 0.3 is 0 Å². The fourth-order valence-corrected chi connectivity index (χ4v) is 3.11.